The molecule has 16 heavy (non-hydrogen) atoms. The fourth-order valence-electron chi connectivity index (χ4n) is 2.79. The molecule has 1 aromatic carbocycles. The number of hydrogen-bond donors (Lipinski definition) is 1. The van der Waals surface area contributed by atoms with Crippen LogP contribution in [0.1, 0.15) is 38.2 Å². The lowest BCUT2D eigenvalue weighted by atomic mass is 9.79. The SMILES string of the molecule is CCNCC1(c2ccc(Br)cc2)CCCC1. The van der Waals surface area contributed by atoms with Crippen molar-refractivity contribution in [3.63, 3.8) is 0 Å². The molecule has 88 valence electrons. The Labute approximate surface area is 107 Å². The van der Waals surface area contributed by atoms with Gasteiger partial charge in [0, 0.05) is 16.4 Å². The van der Waals surface area contributed by atoms with Crippen molar-refractivity contribution in [3.8, 4) is 0 Å². The van der Waals surface area contributed by atoms with Crippen LogP contribution in [-0.2, 0) is 5.41 Å². The molecular formula is C14H20BrN. The van der Waals surface area contributed by atoms with Crippen LogP contribution in [0.3, 0.4) is 0 Å². The van der Waals surface area contributed by atoms with Gasteiger partial charge < -0.3 is 5.32 Å². The number of hydrogen-bond acceptors (Lipinski definition) is 1. The molecule has 1 N–H and O–H groups in total. The highest BCUT2D eigenvalue weighted by Gasteiger charge is 2.34. The first kappa shape index (κ1) is 12.1. The Morgan fingerprint density at radius 2 is 1.81 bits per heavy atom. The number of likely N-dealkylation sites (N-methyl/N-ethyl adjacent to an activating group) is 1. The maximum Gasteiger partial charge on any atom is 0.0175 e. The van der Waals surface area contributed by atoms with Gasteiger partial charge in [-0.3, -0.25) is 0 Å². The molecule has 2 heteroatoms. The minimum absolute atomic E-state index is 0.400. The van der Waals surface area contributed by atoms with Crippen molar-refractivity contribution in [1.29, 1.82) is 0 Å². The zero-order valence-corrected chi connectivity index (χ0v) is 11.5. The minimum atomic E-state index is 0.400. The summed E-state index contributed by atoms with van der Waals surface area (Å²) in [5, 5.41) is 3.53. The third-order valence-electron chi connectivity index (χ3n) is 3.73. The summed E-state index contributed by atoms with van der Waals surface area (Å²) in [5.41, 5.74) is 1.91. The Kier molecular flexibility index (Phi) is 4.04. The van der Waals surface area contributed by atoms with Crippen molar-refractivity contribution in [2.24, 2.45) is 0 Å². The molecule has 1 aromatic rings. The van der Waals surface area contributed by atoms with Crippen LogP contribution in [0.5, 0.6) is 0 Å². The van der Waals surface area contributed by atoms with Gasteiger partial charge in [0.2, 0.25) is 0 Å². The summed E-state index contributed by atoms with van der Waals surface area (Å²) in [4.78, 5) is 0. The average Bonchev–Trinajstić information content (AvgIpc) is 2.77. The topological polar surface area (TPSA) is 12.0 Å². The van der Waals surface area contributed by atoms with E-state index in [4.69, 9.17) is 0 Å². The molecule has 0 heterocycles. The monoisotopic (exact) mass is 281 g/mol. The van der Waals surface area contributed by atoms with Crippen LogP contribution in [0, 0.1) is 0 Å². The molecule has 1 aliphatic rings. The van der Waals surface area contributed by atoms with E-state index in [1.54, 1.807) is 0 Å². The smallest absolute Gasteiger partial charge is 0.0175 e. The fourth-order valence-corrected chi connectivity index (χ4v) is 3.05. The van der Waals surface area contributed by atoms with E-state index in [0.717, 1.165) is 13.1 Å². The van der Waals surface area contributed by atoms with Gasteiger partial charge in [0.05, 0.1) is 0 Å². The average molecular weight is 282 g/mol. The lowest BCUT2D eigenvalue weighted by Crippen LogP contribution is -2.35. The Bertz CT molecular complexity index is 325. The summed E-state index contributed by atoms with van der Waals surface area (Å²) >= 11 is 3.51. The predicted molar refractivity (Wildman–Crippen MR) is 72.8 cm³/mol. The molecule has 0 aliphatic heterocycles. The minimum Gasteiger partial charge on any atom is -0.316 e. The van der Waals surface area contributed by atoms with E-state index >= 15 is 0 Å². The zero-order chi connectivity index (χ0) is 11.4. The highest BCUT2D eigenvalue weighted by Crippen LogP contribution is 2.40. The first-order valence-electron chi connectivity index (χ1n) is 6.24. The Hall–Kier alpha value is -0.340. The van der Waals surface area contributed by atoms with Gasteiger partial charge in [0.15, 0.2) is 0 Å². The molecule has 0 bridgehead atoms. The van der Waals surface area contributed by atoms with E-state index < -0.39 is 0 Å². The van der Waals surface area contributed by atoms with Gasteiger partial charge in [0.1, 0.15) is 0 Å². The van der Waals surface area contributed by atoms with Crippen LogP contribution >= 0.6 is 15.9 Å². The van der Waals surface area contributed by atoms with Crippen LogP contribution in [-0.4, -0.2) is 13.1 Å². The standard InChI is InChI=1S/C14H20BrN/c1-2-16-11-14(9-3-4-10-14)12-5-7-13(15)8-6-12/h5-8,16H,2-4,9-11H2,1H3. The van der Waals surface area contributed by atoms with Crippen LogP contribution < -0.4 is 5.32 Å². The quantitative estimate of drug-likeness (QED) is 0.884. The van der Waals surface area contributed by atoms with Gasteiger partial charge >= 0.3 is 0 Å². The third kappa shape index (κ3) is 2.49. The molecule has 0 aromatic heterocycles. The molecule has 0 atom stereocenters. The molecule has 0 spiro atoms. The highest BCUT2D eigenvalue weighted by atomic mass is 79.9. The molecule has 1 aliphatic carbocycles. The van der Waals surface area contributed by atoms with E-state index in [1.807, 2.05) is 0 Å². The maximum atomic E-state index is 3.53. The number of benzene rings is 1. The fraction of sp³-hybridized carbons (Fsp3) is 0.571. The number of rotatable bonds is 4. The lowest BCUT2D eigenvalue weighted by molar-refractivity contribution is 0.410. The van der Waals surface area contributed by atoms with Crippen molar-refractivity contribution in [1.82, 2.24) is 5.32 Å². The zero-order valence-electron chi connectivity index (χ0n) is 9.93. The van der Waals surface area contributed by atoms with E-state index in [2.05, 4.69) is 52.4 Å². The van der Waals surface area contributed by atoms with Gasteiger partial charge in [-0.05, 0) is 37.1 Å². The van der Waals surface area contributed by atoms with Crippen molar-refractivity contribution >= 4 is 15.9 Å². The Balaban J connectivity index is 2.21. The van der Waals surface area contributed by atoms with Crippen LogP contribution in [0.4, 0.5) is 0 Å². The molecule has 2 rings (SSSR count). The molecule has 0 saturated heterocycles. The van der Waals surface area contributed by atoms with Gasteiger partial charge in [0.25, 0.3) is 0 Å². The van der Waals surface area contributed by atoms with Gasteiger partial charge in [-0.2, -0.15) is 0 Å². The normalized spacial score (nSPS) is 18.9. The van der Waals surface area contributed by atoms with E-state index in [-0.39, 0.29) is 0 Å². The molecule has 1 fully saturated rings. The summed E-state index contributed by atoms with van der Waals surface area (Å²) in [6.45, 7) is 4.38. The first-order valence-corrected chi connectivity index (χ1v) is 7.03. The Morgan fingerprint density at radius 1 is 1.19 bits per heavy atom. The summed E-state index contributed by atoms with van der Waals surface area (Å²) in [7, 11) is 0. The second kappa shape index (κ2) is 5.33. The van der Waals surface area contributed by atoms with Crippen LogP contribution in [0.15, 0.2) is 28.7 Å². The number of halogens is 1. The molecule has 1 saturated carbocycles. The second-order valence-electron chi connectivity index (χ2n) is 4.77. The second-order valence-corrected chi connectivity index (χ2v) is 5.69. The van der Waals surface area contributed by atoms with Crippen molar-refractivity contribution in [3.05, 3.63) is 34.3 Å². The summed E-state index contributed by atoms with van der Waals surface area (Å²) < 4.78 is 1.17. The van der Waals surface area contributed by atoms with E-state index in [1.165, 1.54) is 35.7 Å². The predicted octanol–water partition coefficient (Wildman–Crippen LogP) is 3.87. The summed E-state index contributed by atoms with van der Waals surface area (Å²) in [5.74, 6) is 0. The maximum absolute atomic E-state index is 3.53. The van der Waals surface area contributed by atoms with Gasteiger partial charge in [-0.15, -0.1) is 0 Å². The summed E-state index contributed by atoms with van der Waals surface area (Å²) in [6.07, 6.45) is 5.42. The van der Waals surface area contributed by atoms with Crippen LogP contribution in [0.25, 0.3) is 0 Å². The highest BCUT2D eigenvalue weighted by molar-refractivity contribution is 9.10. The molecular weight excluding hydrogens is 262 g/mol. The van der Waals surface area contributed by atoms with Gasteiger partial charge in [-0.1, -0.05) is 47.8 Å². The van der Waals surface area contributed by atoms with Gasteiger partial charge in [-0.25, -0.2) is 0 Å². The first-order chi connectivity index (χ1) is 7.77. The van der Waals surface area contributed by atoms with E-state index in [9.17, 15) is 0 Å². The van der Waals surface area contributed by atoms with Crippen LogP contribution in [0.2, 0.25) is 0 Å². The number of nitrogens with one attached hydrogen (secondary N) is 1. The summed E-state index contributed by atoms with van der Waals surface area (Å²) in [6, 6.07) is 8.90. The molecule has 0 amide bonds. The molecule has 0 radical (unpaired) electrons. The Morgan fingerprint density at radius 3 is 2.38 bits per heavy atom. The van der Waals surface area contributed by atoms with Crippen molar-refractivity contribution in [2.45, 2.75) is 38.0 Å². The van der Waals surface area contributed by atoms with Crippen molar-refractivity contribution < 1.29 is 0 Å². The molecule has 1 nitrogen and oxygen atoms in total. The largest absolute Gasteiger partial charge is 0.316 e. The molecule has 0 unspecified atom stereocenters. The van der Waals surface area contributed by atoms with E-state index in [0.29, 0.717) is 5.41 Å². The lowest BCUT2D eigenvalue weighted by Gasteiger charge is -2.30. The third-order valence-corrected chi connectivity index (χ3v) is 4.26. The van der Waals surface area contributed by atoms with Crippen molar-refractivity contribution in [2.75, 3.05) is 13.1 Å².